The maximum absolute atomic E-state index is 11.8. The molecule has 0 fully saturated rings. The number of fused-ring (bicyclic) bond motifs is 1. The number of hydrogen-bond donors (Lipinski definition) is 2. The van der Waals surface area contributed by atoms with Crippen molar-refractivity contribution >= 4 is 23.4 Å². The van der Waals surface area contributed by atoms with Gasteiger partial charge in [-0.2, -0.15) is 11.8 Å². The first-order valence-corrected chi connectivity index (χ1v) is 6.77. The Balaban J connectivity index is 2.09. The van der Waals surface area contributed by atoms with Gasteiger partial charge in [-0.1, -0.05) is 6.07 Å². The lowest BCUT2D eigenvalue weighted by Gasteiger charge is -2.06. The zero-order valence-corrected chi connectivity index (χ0v) is 10.8. The highest BCUT2D eigenvalue weighted by Crippen LogP contribution is 2.10. The van der Waals surface area contributed by atoms with E-state index < -0.39 is 12.0 Å². The molecule has 2 heterocycles. The van der Waals surface area contributed by atoms with Crippen LogP contribution in [0.1, 0.15) is 5.69 Å². The molecule has 100 valence electrons. The lowest BCUT2D eigenvalue weighted by molar-refractivity contribution is -0.137. The van der Waals surface area contributed by atoms with Crippen LogP contribution in [0.4, 0.5) is 0 Å². The van der Waals surface area contributed by atoms with Gasteiger partial charge in [-0.25, -0.2) is 4.98 Å². The zero-order valence-electron chi connectivity index (χ0n) is 10.0. The lowest BCUT2D eigenvalue weighted by atomic mass is 10.4. The van der Waals surface area contributed by atoms with Crippen molar-refractivity contribution in [3.63, 3.8) is 0 Å². The molecule has 7 heteroatoms. The fraction of sp³-hybridized carbons (Fsp3) is 0.250. The van der Waals surface area contributed by atoms with E-state index in [0.29, 0.717) is 17.1 Å². The molecular weight excluding hydrogens is 266 g/mol. The Bertz CT molecular complexity index is 656. The number of nitrogens with zero attached hydrogens (tertiary/aromatic N) is 2. The molecule has 1 unspecified atom stereocenters. The van der Waals surface area contributed by atoms with Gasteiger partial charge in [-0.05, 0) is 12.1 Å². The van der Waals surface area contributed by atoms with E-state index in [1.807, 2.05) is 0 Å². The van der Waals surface area contributed by atoms with E-state index in [1.165, 1.54) is 22.2 Å². The number of nitrogens with two attached hydrogens (primary N) is 1. The maximum atomic E-state index is 11.8. The molecule has 2 aromatic heterocycles. The van der Waals surface area contributed by atoms with Gasteiger partial charge >= 0.3 is 5.97 Å². The summed E-state index contributed by atoms with van der Waals surface area (Å²) in [6.07, 6.45) is 1.65. The van der Waals surface area contributed by atoms with Gasteiger partial charge in [-0.15, -0.1) is 0 Å². The molecule has 2 rings (SSSR count). The lowest BCUT2D eigenvalue weighted by Crippen LogP contribution is -2.32. The molecule has 1 atom stereocenters. The Morgan fingerprint density at radius 1 is 1.53 bits per heavy atom. The summed E-state index contributed by atoms with van der Waals surface area (Å²) in [7, 11) is 0. The summed E-state index contributed by atoms with van der Waals surface area (Å²) >= 11 is 1.34. The van der Waals surface area contributed by atoms with Crippen molar-refractivity contribution in [1.29, 1.82) is 0 Å². The van der Waals surface area contributed by atoms with Gasteiger partial charge in [0.1, 0.15) is 11.7 Å². The van der Waals surface area contributed by atoms with Crippen LogP contribution in [0.15, 0.2) is 35.3 Å². The Kier molecular flexibility index (Phi) is 4.18. The van der Waals surface area contributed by atoms with Crippen LogP contribution in [0.25, 0.3) is 5.65 Å². The minimum Gasteiger partial charge on any atom is -0.480 e. The molecule has 0 aliphatic rings. The van der Waals surface area contributed by atoms with E-state index in [0.717, 1.165) is 0 Å². The molecule has 0 bridgehead atoms. The standard InChI is InChI=1S/C12H13N3O3S/c13-9(12(17)18)7-19-6-8-5-11(16)15-4-2-1-3-10(15)14-8/h1-5,9H,6-7,13H2,(H,17,18). The number of hydrogen-bond acceptors (Lipinski definition) is 5. The minimum absolute atomic E-state index is 0.149. The average molecular weight is 279 g/mol. The van der Waals surface area contributed by atoms with Crippen LogP contribution in [0.5, 0.6) is 0 Å². The summed E-state index contributed by atoms with van der Waals surface area (Å²) in [6, 6.07) is 5.87. The summed E-state index contributed by atoms with van der Waals surface area (Å²) in [4.78, 5) is 26.7. The summed E-state index contributed by atoms with van der Waals surface area (Å²) in [5.74, 6) is -0.286. The van der Waals surface area contributed by atoms with Gasteiger partial charge in [0, 0.05) is 23.8 Å². The molecule has 6 nitrogen and oxygen atoms in total. The largest absolute Gasteiger partial charge is 0.480 e. The van der Waals surface area contributed by atoms with Crippen LogP contribution in [0.2, 0.25) is 0 Å². The Morgan fingerprint density at radius 2 is 2.32 bits per heavy atom. The molecular formula is C12H13N3O3S. The topological polar surface area (TPSA) is 97.7 Å². The number of carboxylic acid groups (broad SMARTS) is 1. The van der Waals surface area contributed by atoms with Crippen molar-refractivity contribution < 1.29 is 9.90 Å². The summed E-state index contributed by atoms with van der Waals surface area (Å²) in [5, 5.41) is 8.66. The van der Waals surface area contributed by atoms with Gasteiger partial charge in [0.15, 0.2) is 0 Å². The average Bonchev–Trinajstić information content (AvgIpc) is 2.38. The molecule has 2 aromatic rings. The van der Waals surface area contributed by atoms with E-state index in [4.69, 9.17) is 10.8 Å². The van der Waals surface area contributed by atoms with Crippen LogP contribution < -0.4 is 11.3 Å². The van der Waals surface area contributed by atoms with Crippen molar-refractivity contribution in [2.24, 2.45) is 5.73 Å². The van der Waals surface area contributed by atoms with Crippen LogP contribution in [-0.2, 0) is 10.5 Å². The highest BCUT2D eigenvalue weighted by atomic mass is 32.2. The normalized spacial score (nSPS) is 12.5. The smallest absolute Gasteiger partial charge is 0.321 e. The second kappa shape index (κ2) is 5.85. The van der Waals surface area contributed by atoms with Crippen molar-refractivity contribution in [2.75, 3.05) is 5.75 Å². The van der Waals surface area contributed by atoms with Crippen LogP contribution in [0.3, 0.4) is 0 Å². The molecule has 0 radical (unpaired) electrons. The van der Waals surface area contributed by atoms with Gasteiger partial charge in [0.25, 0.3) is 5.56 Å². The summed E-state index contributed by atoms with van der Waals surface area (Å²) in [6.45, 7) is 0. The van der Waals surface area contributed by atoms with Crippen molar-refractivity contribution in [3.05, 3.63) is 46.5 Å². The third-order valence-electron chi connectivity index (χ3n) is 2.49. The second-order valence-electron chi connectivity index (χ2n) is 3.97. The Morgan fingerprint density at radius 3 is 3.05 bits per heavy atom. The molecule has 0 aromatic carbocycles. The predicted molar refractivity (Wildman–Crippen MR) is 73.2 cm³/mol. The fourth-order valence-corrected chi connectivity index (χ4v) is 2.41. The highest BCUT2D eigenvalue weighted by Gasteiger charge is 2.11. The van der Waals surface area contributed by atoms with Crippen molar-refractivity contribution in [1.82, 2.24) is 9.38 Å². The van der Waals surface area contributed by atoms with E-state index >= 15 is 0 Å². The first-order chi connectivity index (χ1) is 9.08. The summed E-state index contributed by atoms with van der Waals surface area (Å²) < 4.78 is 1.46. The first kappa shape index (κ1) is 13.6. The molecule has 0 saturated carbocycles. The molecule has 0 spiro atoms. The number of pyridine rings is 1. The Hall–Kier alpha value is -1.86. The number of aromatic nitrogens is 2. The SMILES string of the molecule is NC(CSCc1cc(=O)n2ccccc2n1)C(=O)O. The molecule has 19 heavy (non-hydrogen) atoms. The molecule has 0 amide bonds. The Labute approximate surface area is 113 Å². The number of carbonyl (C=O) groups is 1. The fourth-order valence-electron chi connectivity index (χ4n) is 1.54. The third kappa shape index (κ3) is 3.33. The number of aliphatic carboxylic acids is 1. The molecule has 0 aliphatic heterocycles. The third-order valence-corrected chi connectivity index (χ3v) is 3.58. The van der Waals surface area contributed by atoms with Gasteiger partial charge in [0.2, 0.25) is 0 Å². The van der Waals surface area contributed by atoms with E-state index in [1.54, 1.807) is 24.4 Å². The van der Waals surface area contributed by atoms with Crippen molar-refractivity contribution in [2.45, 2.75) is 11.8 Å². The molecule has 3 N–H and O–H groups in total. The number of rotatable bonds is 5. The van der Waals surface area contributed by atoms with Crippen molar-refractivity contribution in [3.8, 4) is 0 Å². The van der Waals surface area contributed by atoms with Crippen LogP contribution in [-0.4, -0.2) is 32.3 Å². The second-order valence-corrected chi connectivity index (χ2v) is 5.00. The predicted octanol–water partition coefficient (Wildman–Crippen LogP) is 0.340. The monoisotopic (exact) mass is 279 g/mol. The minimum atomic E-state index is -1.03. The number of thioether (sulfide) groups is 1. The van der Waals surface area contributed by atoms with Gasteiger partial charge in [0.05, 0.1) is 5.69 Å². The maximum Gasteiger partial charge on any atom is 0.321 e. The first-order valence-electron chi connectivity index (χ1n) is 5.61. The summed E-state index contributed by atoms with van der Waals surface area (Å²) in [5.41, 5.74) is 6.45. The van der Waals surface area contributed by atoms with Crippen LogP contribution >= 0.6 is 11.8 Å². The quantitative estimate of drug-likeness (QED) is 0.819. The van der Waals surface area contributed by atoms with Gasteiger partial charge < -0.3 is 10.8 Å². The number of carboxylic acids is 1. The van der Waals surface area contributed by atoms with E-state index in [9.17, 15) is 9.59 Å². The molecule has 0 aliphatic carbocycles. The van der Waals surface area contributed by atoms with Crippen LogP contribution in [0, 0.1) is 0 Å². The van der Waals surface area contributed by atoms with Gasteiger partial charge in [-0.3, -0.25) is 14.0 Å². The molecule has 0 saturated heterocycles. The van der Waals surface area contributed by atoms with E-state index in [-0.39, 0.29) is 11.3 Å². The van der Waals surface area contributed by atoms with E-state index in [2.05, 4.69) is 4.98 Å². The zero-order chi connectivity index (χ0) is 13.8. The highest BCUT2D eigenvalue weighted by molar-refractivity contribution is 7.98.